The second kappa shape index (κ2) is 16.6. The van der Waals surface area contributed by atoms with E-state index in [4.69, 9.17) is 0 Å². The number of hydrogen-bond acceptors (Lipinski definition) is 7. The number of nitrogens with one attached hydrogen (secondary N) is 2. The lowest BCUT2D eigenvalue weighted by atomic mass is 9.54. The number of carbonyl (C=O) groups is 3. The highest BCUT2D eigenvalue weighted by molar-refractivity contribution is 6.04. The number of imide groups is 1. The van der Waals surface area contributed by atoms with Crippen molar-refractivity contribution < 1.29 is 36.3 Å². The summed E-state index contributed by atoms with van der Waals surface area (Å²) in [6.07, 6.45) is 6.32. The van der Waals surface area contributed by atoms with Crippen LogP contribution in [0.25, 0.3) is 21.9 Å². The van der Waals surface area contributed by atoms with E-state index in [1.807, 2.05) is 16.8 Å². The van der Waals surface area contributed by atoms with Gasteiger partial charge in [0.15, 0.2) is 0 Å². The van der Waals surface area contributed by atoms with Crippen molar-refractivity contribution in [2.75, 3.05) is 18.9 Å². The van der Waals surface area contributed by atoms with Crippen molar-refractivity contribution in [3.63, 3.8) is 0 Å². The third-order valence-electron chi connectivity index (χ3n) is 14.5. The van der Waals surface area contributed by atoms with Crippen molar-refractivity contribution in [2.45, 2.75) is 114 Å². The van der Waals surface area contributed by atoms with Gasteiger partial charge in [-0.3, -0.25) is 33.5 Å². The summed E-state index contributed by atoms with van der Waals surface area (Å²) in [7, 11) is 4.00. The fraction of sp³-hybridized carbons (Fsp3) is 0.522. The molecule has 3 saturated carbocycles. The number of para-hydroxylation sites is 1. The molecule has 0 radical (unpaired) electrons. The largest absolute Gasteiger partial charge is 0.433 e. The Morgan fingerprint density at radius 2 is 1.70 bits per heavy atom. The molecule has 3 aromatic heterocycles. The van der Waals surface area contributed by atoms with E-state index in [2.05, 4.69) is 38.7 Å². The Morgan fingerprint density at radius 1 is 0.968 bits per heavy atom. The molecule has 3 amide bonds. The molecule has 1 unspecified atom stereocenters. The molecule has 5 aromatic rings. The number of aryl methyl sites for hydroxylation is 1. The minimum Gasteiger partial charge on any atom is -0.320 e. The molecule has 1 saturated heterocycles. The summed E-state index contributed by atoms with van der Waals surface area (Å²) >= 11 is 0. The minimum atomic E-state index is -4.76. The van der Waals surface area contributed by atoms with E-state index in [-0.39, 0.29) is 29.7 Å². The van der Waals surface area contributed by atoms with Crippen LogP contribution in [-0.2, 0) is 29.2 Å². The predicted molar refractivity (Wildman–Crippen MR) is 225 cm³/mol. The highest BCUT2D eigenvalue weighted by atomic mass is 19.4. The quantitative estimate of drug-likeness (QED) is 0.106. The summed E-state index contributed by atoms with van der Waals surface area (Å²) in [5.41, 5.74) is 0.724. The summed E-state index contributed by atoms with van der Waals surface area (Å²) < 4.78 is 72.9. The number of anilines is 1. The lowest BCUT2D eigenvalue weighted by Crippen LogP contribution is -2.46. The van der Waals surface area contributed by atoms with Gasteiger partial charge in [-0.25, -0.2) is 18.6 Å². The number of imidazole rings is 1. The Kier molecular flexibility index (Phi) is 11.3. The molecule has 4 heterocycles. The molecule has 2 aromatic carbocycles. The van der Waals surface area contributed by atoms with Crippen LogP contribution in [0.4, 0.5) is 27.6 Å². The number of benzene rings is 2. The molecular weight excluding hydrogens is 824 g/mol. The summed E-state index contributed by atoms with van der Waals surface area (Å²) in [6.45, 7) is 1.01. The van der Waals surface area contributed by atoms with Crippen LogP contribution < -0.4 is 16.3 Å². The van der Waals surface area contributed by atoms with Crippen molar-refractivity contribution in [3.05, 3.63) is 87.7 Å². The molecule has 334 valence electrons. The van der Waals surface area contributed by atoms with Gasteiger partial charge in [0.05, 0.1) is 28.3 Å². The molecule has 9 rings (SSSR count). The molecule has 1 spiro atoms. The standard InChI is InChI=1S/C46H51F5N8O4/c1-56(30-15-17-45(18-16-30)22-27(23-45)19-28-5-3-7-36-40(28)57(2)44(63)59(36)37-13-14-39(60)54-43(37)62)24-26-9-11-31(12-10-26)58-25-29-20-35(32(41(47)48)21-34(29)55-58)53-42(61)33-6-4-8-38(52-33)46(49,50)51/h3-8,20-21,25-27,30-31,37,41H,9-19,22-24H2,1-2H3,(H,53,61)(H,54,60,62)/t26-,27-,30-,31-,37?,45?. The second-order valence-electron chi connectivity index (χ2n) is 18.6. The van der Waals surface area contributed by atoms with Crippen LogP contribution in [0, 0.1) is 17.3 Å². The first kappa shape index (κ1) is 42.8. The van der Waals surface area contributed by atoms with E-state index in [9.17, 15) is 41.1 Å². The maximum Gasteiger partial charge on any atom is 0.433 e. The van der Waals surface area contributed by atoms with Gasteiger partial charge < -0.3 is 10.2 Å². The molecule has 1 atom stereocenters. The molecule has 17 heteroatoms. The van der Waals surface area contributed by atoms with E-state index in [1.54, 1.807) is 22.4 Å². The summed E-state index contributed by atoms with van der Waals surface area (Å²) in [5.74, 6) is -0.699. The zero-order valence-electron chi connectivity index (χ0n) is 35.3. The third-order valence-corrected chi connectivity index (χ3v) is 14.5. The first-order valence-corrected chi connectivity index (χ1v) is 21.9. The minimum absolute atomic E-state index is 0.0875. The smallest absolute Gasteiger partial charge is 0.320 e. The summed E-state index contributed by atoms with van der Waals surface area (Å²) in [5, 5.41) is 9.91. The van der Waals surface area contributed by atoms with Crippen molar-refractivity contribution in [2.24, 2.45) is 24.3 Å². The number of aromatic nitrogens is 5. The van der Waals surface area contributed by atoms with Crippen molar-refractivity contribution in [3.8, 4) is 0 Å². The number of alkyl halides is 5. The maximum atomic E-state index is 14.2. The second-order valence-corrected chi connectivity index (χ2v) is 18.6. The number of pyridine rings is 1. The number of fused-ring (bicyclic) bond motifs is 2. The number of rotatable bonds is 10. The molecule has 4 aliphatic rings. The summed E-state index contributed by atoms with van der Waals surface area (Å²) in [4.78, 5) is 56.7. The predicted octanol–water partition coefficient (Wildman–Crippen LogP) is 8.52. The molecule has 63 heavy (non-hydrogen) atoms. The van der Waals surface area contributed by atoms with Crippen LogP contribution in [0.3, 0.4) is 0 Å². The molecule has 2 N–H and O–H groups in total. The van der Waals surface area contributed by atoms with Crippen LogP contribution in [0.5, 0.6) is 0 Å². The third kappa shape index (κ3) is 8.40. The average molecular weight is 875 g/mol. The Morgan fingerprint density at radius 3 is 2.40 bits per heavy atom. The zero-order valence-corrected chi connectivity index (χ0v) is 35.3. The highest BCUT2D eigenvalue weighted by Crippen LogP contribution is 2.56. The maximum absolute atomic E-state index is 14.2. The lowest BCUT2D eigenvalue weighted by Gasteiger charge is -2.53. The molecule has 3 aliphatic carbocycles. The van der Waals surface area contributed by atoms with Gasteiger partial charge in [0.25, 0.3) is 12.3 Å². The van der Waals surface area contributed by atoms with E-state index in [1.165, 1.54) is 37.8 Å². The van der Waals surface area contributed by atoms with Crippen LogP contribution in [0.1, 0.15) is 123 Å². The van der Waals surface area contributed by atoms with Gasteiger partial charge >= 0.3 is 11.9 Å². The van der Waals surface area contributed by atoms with Gasteiger partial charge in [-0.15, -0.1) is 0 Å². The Hall–Kier alpha value is -5.45. The fourth-order valence-electron chi connectivity index (χ4n) is 11.2. The van der Waals surface area contributed by atoms with E-state index >= 15 is 0 Å². The molecule has 0 bridgehead atoms. The first-order chi connectivity index (χ1) is 30.1. The van der Waals surface area contributed by atoms with Crippen LogP contribution in [0.15, 0.2) is 59.5 Å². The van der Waals surface area contributed by atoms with Gasteiger partial charge in [-0.05, 0) is 137 Å². The molecular formula is C46H51F5N8O4. The Labute approximate surface area is 360 Å². The van der Waals surface area contributed by atoms with Crippen LogP contribution in [-0.4, -0.2) is 66.2 Å². The Bertz CT molecular complexity index is 2630. The van der Waals surface area contributed by atoms with Crippen LogP contribution >= 0.6 is 0 Å². The molecule has 4 fully saturated rings. The number of amides is 3. The number of piperidine rings is 1. The van der Waals surface area contributed by atoms with E-state index in [0.717, 1.165) is 86.3 Å². The SMILES string of the molecule is Cn1c(=O)n(C2CCC(=O)NC2=O)c2cccc(C[C@H]3CC4(CC[C@@H](N(C)C[C@H]5CC[C@H](n6cc7cc(NC(=O)c8cccc(C(F)(F)F)n8)c(C(F)F)cc7n6)CC5)CC4)C3)c21. The number of nitrogens with zero attached hydrogens (tertiary/aromatic N) is 6. The number of hydrogen-bond donors (Lipinski definition) is 2. The number of halogens is 5. The normalized spacial score (nSPS) is 25.6. The average Bonchev–Trinajstić information content (AvgIpc) is 3.77. The van der Waals surface area contributed by atoms with Crippen molar-refractivity contribution in [1.29, 1.82) is 0 Å². The van der Waals surface area contributed by atoms with Gasteiger partial charge in [0.1, 0.15) is 17.4 Å². The topological polar surface area (TPSA) is 136 Å². The van der Waals surface area contributed by atoms with Crippen molar-refractivity contribution >= 4 is 45.3 Å². The van der Waals surface area contributed by atoms with Gasteiger partial charge in [-0.1, -0.05) is 18.2 Å². The lowest BCUT2D eigenvalue weighted by molar-refractivity contribution is -0.141. The number of carbonyl (C=O) groups excluding carboxylic acids is 3. The van der Waals surface area contributed by atoms with Gasteiger partial charge in [-0.2, -0.15) is 18.3 Å². The summed E-state index contributed by atoms with van der Waals surface area (Å²) in [6, 6.07) is 11.4. The van der Waals surface area contributed by atoms with E-state index in [0.29, 0.717) is 40.6 Å². The fourth-order valence-corrected chi connectivity index (χ4v) is 11.2. The molecule has 12 nitrogen and oxygen atoms in total. The monoisotopic (exact) mass is 874 g/mol. The van der Waals surface area contributed by atoms with E-state index < -0.39 is 47.4 Å². The molecule has 1 aliphatic heterocycles. The van der Waals surface area contributed by atoms with Crippen molar-refractivity contribution in [1.82, 2.24) is 34.1 Å². The van der Waals surface area contributed by atoms with Crippen LogP contribution in [0.2, 0.25) is 0 Å². The Balaban J connectivity index is 0.762. The van der Waals surface area contributed by atoms with Gasteiger partial charge in [0, 0.05) is 43.2 Å². The zero-order chi connectivity index (χ0) is 44.4. The first-order valence-electron chi connectivity index (χ1n) is 21.9. The van der Waals surface area contributed by atoms with Gasteiger partial charge in [0.2, 0.25) is 11.8 Å². The highest BCUT2D eigenvalue weighted by Gasteiger charge is 2.46.